The van der Waals surface area contributed by atoms with Crippen LogP contribution in [-0.2, 0) is 0 Å². The molecule has 0 bridgehead atoms. The molecule has 7 nitrogen and oxygen atoms in total. The van der Waals surface area contributed by atoms with E-state index in [1.54, 1.807) is 20.8 Å². The van der Waals surface area contributed by atoms with Crippen molar-refractivity contribution >= 4 is 27.5 Å². The zero-order valence-corrected chi connectivity index (χ0v) is 16.5. The van der Waals surface area contributed by atoms with E-state index >= 15 is 0 Å². The number of nitrogens with one attached hydrogen (secondary N) is 1. The number of tetrazole rings is 1. The van der Waals surface area contributed by atoms with Crippen molar-refractivity contribution in [3.05, 3.63) is 51.3 Å². The molecule has 1 unspecified atom stereocenters. The number of aryl methyl sites for hydroxylation is 1. The van der Waals surface area contributed by atoms with Crippen molar-refractivity contribution in [1.29, 1.82) is 0 Å². The van der Waals surface area contributed by atoms with Gasteiger partial charge in [0.25, 0.3) is 0 Å². The number of H-pyrrole nitrogens is 1. The van der Waals surface area contributed by atoms with Crippen LogP contribution in [0.5, 0.6) is 0 Å². The molecule has 0 aliphatic heterocycles. The second kappa shape index (κ2) is 6.95. The number of aromatic nitrogens is 5. The van der Waals surface area contributed by atoms with Crippen LogP contribution in [0.1, 0.15) is 52.0 Å². The molecule has 0 radical (unpaired) electrons. The van der Waals surface area contributed by atoms with E-state index in [2.05, 4.69) is 36.3 Å². The van der Waals surface area contributed by atoms with Crippen LogP contribution < -0.4 is 0 Å². The molecule has 1 aromatic carbocycles. The summed E-state index contributed by atoms with van der Waals surface area (Å²) in [5.41, 5.74) is 3.11. The maximum Gasteiger partial charge on any atom is 0.205 e. The standard InChI is InChI=1S/C18H18BrN5O2/c1-9-15(12(4)25)10(2)20-16(9)17(26)11(3)24-22-18(21-23-24)13-5-7-14(19)8-6-13/h5-8,11,20H,1-4H3. The average Bonchev–Trinajstić information content (AvgIpc) is 3.19. The van der Waals surface area contributed by atoms with Crippen molar-refractivity contribution in [2.24, 2.45) is 0 Å². The monoisotopic (exact) mass is 415 g/mol. The van der Waals surface area contributed by atoms with Gasteiger partial charge in [0.15, 0.2) is 5.78 Å². The summed E-state index contributed by atoms with van der Waals surface area (Å²) in [6.07, 6.45) is 0. The lowest BCUT2D eigenvalue weighted by Crippen LogP contribution is -2.20. The largest absolute Gasteiger partial charge is 0.355 e. The smallest absolute Gasteiger partial charge is 0.205 e. The number of carbonyl (C=O) groups is 2. The van der Waals surface area contributed by atoms with E-state index in [-0.39, 0.29) is 11.6 Å². The van der Waals surface area contributed by atoms with E-state index in [0.717, 1.165) is 10.0 Å². The zero-order chi connectivity index (χ0) is 19.0. The first-order valence-corrected chi connectivity index (χ1v) is 8.88. The molecular weight excluding hydrogens is 398 g/mol. The lowest BCUT2D eigenvalue weighted by atomic mass is 10.0. The SMILES string of the molecule is CC(=O)c1c(C)[nH]c(C(=O)C(C)n2nnc(-c3ccc(Br)cc3)n2)c1C. The van der Waals surface area contributed by atoms with Gasteiger partial charge < -0.3 is 4.98 Å². The van der Waals surface area contributed by atoms with E-state index in [1.807, 2.05) is 24.3 Å². The lowest BCUT2D eigenvalue weighted by molar-refractivity contribution is 0.0912. The first-order valence-electron chi connectivity index (χ1n) is 8.09. The molecule has 0 saturated carbocycles. The van der Waals surface area contributed by atoms with Crippen molar-refractivity contribution in [2.45, 2.75) is 33.7 Å². The van der Waals surface area contributed by atoms with Gasteiger partial charge in [0.2, 0.25) is 11.6 Å². The molecule has 1 atom stereocenters. The van der Waals surface area contributed by atoms with Crippen LogP contribution in [0.15, 0.2) is 28.7 Å². The van der Waals surface area contributed by atoms with Gasteiger partial charge >= 0.3 is 0 Å². The molecule has 0 amide bonds. The first-order chi connectivity index (χ1) is 12.3. The summed E-state index contributed by atoms with van der Waals surface area (Å²) in [6.45, 7) is 6.75. The number of carbonyl (C=O) groups excluding carboxylic acids is 2. The fraction of sp³-hybridized carbons (Fsp3) is 0.278. The molecule has 0 fully saturated rings. The molecule has 0 saturated heterocycles. The summed E-state index contributed by atoms with van der Waals surface area (Å²) in [6, 6.07) is 6.87. The Balaban J connectivity index is 1.89. The van der Waals surface area contributed by atoms with Gasteiger partial charge in [-0.1, -0.05) is 15.9 Å². The average molecular weight is 416 g/mol. The minimum absolute atomic E-state index is 0.0700. The van der Waals surface area contributed by atoms with E-state index in [1.165, 1.54) is 11.7 Å². The molecule has 3 aromatic rings. The quantitative estimate of drug-likeness (QED) is 0.641. The first kappa shape index (κ1) is 18.2. The summed E-state index contributed by atoms with van der Waals surface area (Å²) in [4.78, 5) is 29.0. The number of Topliss-reactive ketones (excluding diaryl/α,β-unsaturated/α-hetero) is 2. The maximum absolute atomic E-state index is 12.9. The number of nitrogens with zero attached hydrogens (tertiary/aromatic N) is 4. The van der Waals surface area contributed by atoms with Crippen LogP contribution in [0, 0.1) is 13.8 Å². The van der Waals surface area contributed by atoms with Crippen LogP contribution in [0.4, 0.5) is 0 Å². The topological polar surface area (TPSA) is 93.5 Å². The second-order valence-electron chi connectivity index (χ2n) is 6.16. The number of aromatic amines is 1. The van der Waals surface area contributed by atoms with Crippen LogP contribution in [0.3, 0.4) is 0 Å². The van der Waals surface area contributed by atoms with E-state index < -0.39 is 6.04 Å². The summed E-state index contributed by atoms with van der Waals surface area (Å²) in [5.74, 6) is 0.179. The highest BCUT2D eigenvalue weighted by Crippen LogP contribution is 2.23. The van der Waals surface area contributed by atoms with Gasteiger partial charge in [-0.15, -0.1) is 10.2 Å². The highest BCUT2D eigenvalue weighted by atomic mass is 79.9. The Morgan fingerprint density at radius 2 is 1.85 bits per heavy atom. The van der Waals surface area contributed by atoms with E-state index in [0.29, 0.717) is 28.3 Å². The molecule has 0 spiro atoms. The predicted octanol–water partition coefficient (Wildman–Crippen LogP) is 3.69. The zero-order valence-electron chi connectivity index (χ0n) is 14.9. The highest BCUT2D eigenvalue weighted by molar-refractivity contribution is 9.10. The number of benzene rings is 1. The molecule has 0 aliphatic rings. The van der Waals surface area contributed by atoms with Crippen molar-refractivity contribution < 1.29 is 9.59 Å². The van der Waals surface area contributed by atoms with Gasteiger partial charge in [0.05, 0.1) is 5.69 Å². The third kappa shape index (κ3) is 3.24. The molecule has 2 heterocycles. The maximum atomic E-state index is 12.9. The molecule has 8 heteroatoms. The van der Waals surface area contributed by atoms with Crippen LogP contribution in [0.2, 0.25) is 0 Å². The Hall–Kier alpha value is -2.61. The number of hydrogen-bond donors (Lipinski definition) is 1. The Labute approximate surface area is 158 Å². The second-order valence-corrected chi connectivity index (χ2v) is 7.08. The van der Waals surface area contributed by atoms with Gasteiger partial charge in [-0.3, -0.25) is 9.59 Å². The Kier molecular flexibility index (Phi) is 4.86. The van der Waals surface area contributed by atoms with Crippen LogP contribution in [0.25, 0.3) is 11.4 Å². The normalized spacial score (nSPS) is 12.2. The van der Waals surface area contributed by atoms with E-state index in [9.17, 15) is 9.59 Å². The molecule has 1 N–H and O–H groups in total. The molecule has 26 heavy (non-hydrogen) atoms. The van der Waals surface area contributed by atoms with Crippen molar-refractivity contribution in [1.82, 2.24) is 25.2 Å². The van der Waals surface area contributed by atoms with Crippen molar-refractivity contribution in [3.63, 3.8) is 0 Å². The minimum atomic E-state index is -0.650. The Morgan fingerprint density at radius 1 is 1.19 bits per heavy atom. The van der Waals surface area contributed by atoms with Crippen LogP contribution >= 0.6 is 15.9 Å². The fourth-order valence-corrected chi connectivity index (χ4v) is 3.21. The van der Waals surface area contributed by atoms with Crippen molar-refractivity contribution in [3.8, 4) is 11.4 Å². The predicted molar refractivity (Wildman–Crippen MR) is 100 cm³/mol. The highest BCUT2D eigenvalue weighted by Gasteiger charge is 2.26. The van der Waals surface area contributed by atoms with Gasteiger partial charge in [-0.25, -0.2) is 0 Å². The van der Waals surface area contributed by atoms with Gasteiger partial charge in [0, 0.05) is 21.3 Å². The third-order valence-electron chi connectivity index (χ3n) is 4.29. The molecule has 0 aliphatic carbocycles. The molecule has 134 valence electrons. The molecule has 3 rings (SSSR count). The summed E-state index contributed by atoms with van der Waals surface area (Å²) in [7, 11) is 0. The minimum Gasteiger partial charge on any atom is -0.355 e. The Morgan fingerprint density at radius 3 is 2.42 bits per heavy atom. The summed E-state index contributed by atoms with van der Waals surface area (Å²) in [5, 5.41) is 12.4. The number of ketones is 2. The molecular formula is C18H18BrN5O2. The fourth-order valence-electron chi connectivity index (χ4n) is 2.94. The summed E-state index contributed by atoms with van der Waals surface area (Å²) < 4.78 is 0.955. The lowest BCUT2D eigenvalue weighted by Gasteiger charge is -2.08. The summed E-state index contributed by atoms with van der Waals surface area (Å²) >= 11 is 3.38. The van der Waals surface area contributed by atoms with Crippen LogP contribution in [-0.4, -0.2) is 36.8 Å². The van der Waals surface area contributed by atoms with Crippen molar-refractivity contribution in [2.75, 3.05) is 0 Å². The van der Waals surface area contributed by atoms with Gasteiger partial charge in [-0.2, -0.15) is 4.80 Å². The number of rotatable bonds is 5. The third-order valence-corrected chi connectivity index (χ3v) is 4.82. The molecule has 2 aromatic heterocycles. The Bertz CT molecular complexity index is 988. The number of halogens is 1. The van der Waals surface area contributed by atoms with Gasteiger partial charge in [-0.05, 0) is 62.7 Å². The van der Waals surface area contributed by atoms with E-state index in [4.69, 9.17) is 0 Å². The van der Waals surface area contributed by atoms with Gasteiger partial charge in [0.1, 0.15) is 6.04 Å². The number of hydrogen-bond acceptors (Lipinski definition) is 5.